The first kappa shape index (κ1) is 11.2. The summed E-state index contributed by atoms with van der Waals surface area (Å²) in [4.78, 5) is 0. The molecule has 0 nitrogen and oxygen atoms in total. The molecule has 0 atom stereocenters. The molecule has 0 saturated carbocycles. The van der Waals surface area contributed by atoms with Crippen molar-refractivity contribution >= 4 is 6.60 Å². The van der Waals surface area contributed by atoms with Crippen LogP contribution in [0.2, 0.25) is 0 Å². The van der Waals surface area contributed by atoms with Gasteiger partial charge in [-0.3, -0.25) is 0 Å². The molecule has 0 spiro atoms. The average molecular weight is 174 g/mol. The van der Waals surface area contributed by atoms with Gasteiger partial charge in [-0.1, -0.05) is 0 Å². The zero-order chi connectivity index (χ0) is 9.31. The van der Waals surface area contributed by atoms with Crippen LogP contribution in [-0.4, -0.2) is 31.8 Å². The van der Waals surface area contributed by atoms with Crippen molar-refractivity contribution in [3.05, 3.63) is 12.2 Å². The van der Waals surface area contributed by atoms with Crippen LogP contribution in [0.5, 0.6) is 0 Å². The minimum atomic E-state index is -1.41. The summed E-state index contributed by atoms with van der Waals surface area (Å²) in [6.45, 7) is 16.8. The molecule has 0 aliphatic rings. The average Bonchev–Trinajstić information content (AvgIpc) is 1.57. The van der Waals surface area contributed by atoms with Crippen LogP contribution in [0.4, 0.5) is 0 Å². The molecule has 0 N–H and O–H groups in total. The van der Waals surface area contributed by atoms with Gasteiger partial charge in [0.1, 0.15) is 0 Å². The Kier molecular flexibility index (Phi) is 2.95. The summed E-state index contributed by atoms with van der Waals surface area (Å²) in [5.41, 5.74) is 2.15. The van der Waals surface area contributed by atoms with Crippen molar-refractivity contribution in [1.29, 1.82) is 0 Å². The van der Waals surface area contributed by atoms with Crippen molar-refractivity contribution in [2.75, 3.05) is 26.2 Å². The van der Waals surface area contributed by atoms with Gasteiger partial charge in [0, 0.05) is 0 Å². The number of rotatable bonds is 3. The first-order valence-corrected chi connectivity index (χ1v) is 8.11. The molecule has 0 radical (unpaired) electrons. The monoisotopic (exact) mass is 174 g/mol. The molecule has 0 aliphatic heterocycles. The third kappa shape index (κ3) is 3.38. The molecule has 11 heavy (non-hydrogen) atoms. The fourth-order valence-corrected chi connectivity index (χ4v) is 3.44. The Balaban J connectivity index is 4.51. The second-order valence-electron chi connectivity index (χ2n) is 5.46. The van der Waals surface area contributed by atoms with Crippen molar-refractivity contribution in [1.82, 2.24) is 0 Å². The molecule has 0 aromatic heterocycles. The molecule has 0 heterocycles. The first-order chi connectivity index (χ1) is 4.63. The van der Waals surface area contributed by atoms with Gasteiger partial charge in [-0.25, -0.2) is 0 Å². The second kappa shape index (κ2) is 2.90. The zero-order valence-electron chi connectivity index (χ0n) is 8.94. The van der Waals surface area contributed by atoms with E-state index in [0.29, 0.717) is 0 Å². The van der Waals surface area contributed by atoms with E-state index in [9.17, 15) is 0 Å². The maximum atomic E-state index is 4.00. The van der Waals surface area contributed by atoms with E-state index >= 15 is 0 Å². The Hall–Kier alpha value is 0.170. The van der Waals surface area contributed by atoms with E-state index in [1.54, 1.807) is 0 Å². The van der Waals surface area contributed by atoms with Crippen molar-refractivity contribution in [2.45, 2.75) is 26.4 Å². The number of allylic oxidation sites excluding steroid dienone is 1. The van der Waals surface area contributed by atoms with E-state index in [4.69, 9.17) is 0 Å². The molecule has 0 fully saturated rings. The van der Waals surface area contributed by atoms with Crippen LogP contribution in [0.25, 0.3) is 0 Å². The van der Waals surface area contributed by atoms with Crippen LogP contribution in [0, 0.1) is 0 Å². The quantitative estimate of drug-likeness (QED) is 0.454. The van der Waals surface area contributed by atoms with E-state index in [1.165, 1.54) is 11.7 Å². The molecule has 1 heteroatoms. The molecule has 0 aromatic carbocycles. The van der Waals surface area contributed by atoms with Crippen LogP contribution in [-0.2, 0) is 0 Å². The van der Waals surface area contributed by atoms with Gasteiger partial charge in [-0.2, -0.15) is 0 Å². The maximum absolute atomic E-state index is 4.00. The van der Waals surface area contributed by atoms with Gasteiger partial charge in [-0.15, -0.1) is 0 Å². The van der Waals surface area contributed by atoms with Gasteiger partial charge in [0.05, 0.1) is 0 Å². The predicted molar refractivity (Wildman–Crippen MR) is 59.5 cm³/mol. The molecule has 0 aliphatic carbocycles. The molecule has 0 amide bonds. The van der Waals surface area contributed by atoms with E-state index in [1.807, 2.05) is 0 Å². The van der Waals surface area contributed by atoms with Crippen molar-refractivity contribution in [3.8, 4) is 0 Å². The predicted octanol–water partition coefficient (Wildman–Crippen LogP) is 3.41. The van der Waals surface area contributed by atoms with Crippen LogP contribution in [0.1, 0.15) is 20.8 Å². The van der Waals surface area contributed by atoms with Crippen molar-refractivity contribution in [3.63, 3.8) is 0 Å². The van der Waals surface area contributed by atoms with Gasteiger partial charge < -0.3 is 0 Å². The number of hydrogen-bond donors (Lipinski definition) is 0. The molecular weight excluding hydrogens is 151 g/mol. The SMILES string of the molecule is C=C(C)CP(C)(C)(C)C(C)C. The van der Waals surface area contributed by atoms with Crippen LogP contribution in [0.15, 0.2) is 12.2 Å². The van der Waals surface area contributed by atoms with Gasteiger partial charge in [0.15, 0.2) is 0 Å². The van der Waals surface area contributed by atoms with Crippen molar-refractivity contribution in [2.24, 2.45) is 0 Å². The molecule has 68 valence electrons. The zero-order valence-corrected chi connectivity index (χ0v) is 9.83. The Morgan fingerprint density at radius 1 is 1.27 bits per heavy atom. The third-order valence-corrected chi connectivity index (χ3v) is 8.25. The number of hydrogen-bond acceptors (Lipinski definition) is 0. The topological polar surface area (TPSA) is 0 Å². The normalized spacial score (nSPS) is 16.1. The molecule has 0 bridgehead atoms. The van der Waals surface area contributed by atoms with E-state index in [-0.39, 0.29) is 0 Å². The summed E-state index contributed by atoms with van der Waals surface area (Å²) in [5, 5.41) is 0. The Morgan fingerprint density at radius 2 is 1.64 bits per heavy atom. The van der Waals surface area contributed by atoms with Gasteiger partial charge in [-0.05, 0) is 0 Å². The van der Waals surface area contributed by atoms with E-state index in [2.05, 4.69) is 47.3 Å². The fourth-order valence-electron chi connectivity index (χ4n) is 1.15. The molecule has 0 saturated heterocycles. The van der Waals surface area contributed by atoms with Crippen molar-refractivity contribution < 1.29 is 0 Å². The second-order valence-corrected chi connectivity index (χ2v) is 13.3. The van der Waals surface area contributed by atoms with E-state index < -0.39 is 6.60 Å². The van der Waals surface area contributed by atoms with E-state index in [0.717, 1.165) is 5.66 Å². The summed E-state index contributed by atoms with van der Waals surface area (Å²) < 4.78 is 0. The Morgan fingerprint density at radius 3 is 1.73 bits per heavy atom. The van der Waals surface area contributed by atoms with Gasteiger partial charge in [0.25, 0.3) is 0 Å². The summed E-state index contributed by atoms with van der Waals surface area (Å²) in [6.07, 6.45) is 1.24. The van der Waals surface area contributed by atoms with Crippen LogP contribution in [0.3, 0.4) is 0 Å². The summed E-state index contributed by atoms with van der Waals surface area (Å²) >= 11 is 0. The third-order valence-electron chi connectivity index (χ3n) is 2.75. The Labute approximate surface area is 72.0 Å². The molecule has 0 unspecified atom stereocenters. The van der Waals surface area contributed by atoms with Gasteiger partial charge in [0.2, 0.25) is 0 Å². The molecular formula is C10H23P. The fraction of sp³-hybridized carbons (Fsp3) is 0.800. The summed E-state index contributed by atoms with van der Waals surface area (Å²) in [5.74, 6) is 0. The first-order valence-electron chi connectivity index (χ1n) is 4.28. The molecule has 0 aromatic rings. The van der Waals surface area contributed by atoms with Crippen LogP contribution < -0.4 is 0 Å². The van der Waals surface area contributed by atoms with Gasteiger partial charge >= 0.3 is 71.3 Å². The standard InChI is InChI=1S/C10H23P/c1-9(2)8-11(5,6,7)10(3)4/h10H,1,8H2,2-7H3. The minimum absolute atomic E-state index is 0.817. The molecule has 0 rings (SSSR count). The Bertz CT molecular complexity index is 157. The summed E-state index contributed by atoms with van der Waals surface area (Å²) in [7, 11) is 0. The van der Waals surface area contributed by atoms with Crippen LogP contribution >= 0.6 is 6.60 Å². The summed E-state index contributed by atoms with van der Waals surface area (Å²) in [6, 6.07) is 0.